The summed E-state index contributed by atoms with van der Waals surface area (Å²) in [6.07, 6.45) is 14.5. The largest absolute Gasteiger partial charge is 0.382 e. The highest BCUT2D eigenvalue weighted by molar-refractivity contribution is 9.12. The lowest BCUT2D eigenvalue weighted by Crippen LogP contribution is -1.97. The maximum absolute atomic E-state index is 4.75. The molecule has 0 unspecified atom stereocenters. The first-order valence-electron chi connectivity index (χ1n) is 7.79. The van der Waals surface area contributed by atoms with Gasteiger partial charge in [-0.25, -0.2) is 4.99 Å². The van der Waals surface area contributed by atoms with E-state index in [1.165, 1.54) is 0 Å². The molecule has 0 atom stereocenters. The van der Waals surface area contributed by atoms with E-state index >= 15 is 0 Å². The van der Waals surface area contributed by atoms with Crippen molar-refractivity contribution in [3.8, 4) is 0 Å². The minimum Gasteiger partial charge on any atom is -0.382 e. The average molecular weight is 383 g/mol. The molecule has 0 radical (unpaired) electrons. The standard InChI is InChI=1S/C15H21BrN2.C4H10O/c1-5-7-8-9-10-11-14(6-2)15(17-4)18-12-13(3)16;1-4(2)5-3/h6-8,10-12H,3,5,9H2,1-2,4H3;4H,1-3H3/b8-7?,11-10-,14-6+,17-15?,18-12?;. The third kappa shape index (κ3) is 16.9. The van der Waals surface area contributed by atoms with E-state index in [0.29, 0.717) is 11.9 Å². The molecule has 4 heteroatoms. The van der Waals surface area contributed by atoms with Crippen LogP contribution < -0.4 is 0 Å². The minimum absolute atomic E-state index is 0.384. The van der Waals surface area contributed by atoms with Crippen LogP contribution >= 0.6 is 15.9 Å². The van der Waals surface area contributed by atoms with Gasteiger partial charge in [-0.3, -0.25) is 4.99 Å². The van der Waals surface area contributed by atoms with E-state index in [1.807, 2.05) is 32.9 Å². The maximum Gasteiger partial charge on any atom is 0.153 e. The molecule has 130 valence electrons. The Morgan fingerprint density at radius 1 is 1.26 bits per heavy atom. The van der Waals surface area contributed by atoms with Gasteiger partial charge in [-0.2, -0.15) is 0 Å². The van der Waals surface area contributed by atoms with Gasteiger partial charge in [0.1, 0.15) is 0 Å². The summed E-state index contributed by atoms with van der Waals surface area (Å²) in [7, 11) is 3.43. The SMILES string of the molecule is C=C(Br)C=NC(=NC)C(/C=C\CC=CCC)=C/C.COC(C)C. The topological polar surface area (TPSA) is 34.0 Å². The van der Waals surface area contributed by atoms with Gasteiger partial charge in [0, 0.05) is 30.4 Å². The molecule has 0 aliphatic rings. The van der Waals surface area contributed by atoms with Crippen LogP contribution in [0.4, 0.5) is 0 Å². The van der Waals surface area contributed by atoms with Gasteiger partial charge in [-0.05, 0) is 49.5 Å². The van der Waals surface area contributed by atoms with Crippen molar-refractivity contribution in [3.63, 3.8) is 0 Å². The first-order chi connectivity index (χ1) is 10.9. The molecule has 0 aromatic carbocycles. The summed E-state index contributed by atoms with van der Waals surface area (Å²) < 4.78 is 5.48. The predicted molar refractivity (Wildman–Crippen MR) is 109 cm³/mol. The zero-order chi connectivity index (χ0) is 18.1. The molecule has 0 saturated carbocycles. The molecule has 0 aromatic heterocycles. The van der Waals surface area contributed by atoms with Gasteiger partial charge in [0.25, 0.3) is 0 Å². The quantitative estimate of drug-likeness (QED) is 0.233. The number of nitrogens with zero attached hydrogens (tertiary/aromatic N) is 2. The molecule has 0 bridgehead atoms. The number of halogens is 1. The number of allylic oxidation sites excluding steroid dienone is 5. The Morgan fingerprint density at radius 3 is 2.26 bits per heavy atom. The lowest BCUT2D eigenvalue weighted by molar-refractivity contribution is 0.134. The van der Waals surface area contributed by atoms with Gasteiger partial charge >= 0.3 is 0 Å². The molecule has 0 saturated heterocycles. The molecule has 0 aromatic rings. The number of hydrogen-bond acceptors (Lipinski definition) is 2. The Balaban J connectivity index is 0. The first kappa shape index (κ1) is 24.0. The molecule has 23 heavy (non-hydrogen) atoms. The van der Waals surface area contributed by atoms with E-state index in [9.17, 15) is 0 Å². The molecule has 0 N–H and O–H groups in total. The zero-order valence-electron chi connectivity index (χ0n) is 15.3. The van der Waals surface area contributed by atoms with Crippen LogP contribution in [0.2, 0.25) is 0 Å². The molecule has 0 amide bonds. The summed E-state index contributed by atoms with van der Waals surface area (Å²) >= 11 is 3.24. The number of aliphatic imine (C=N–C) groups is 2. The van der Waals surface area contributed by atoms with Crippen LogP contribution in [0.15, 0.2) is 57.0 Å². The molecular weight excluding hydrogens is 352 g/mol. The van der Waals surface area contributed by atoms with Crippen LogP contribution in [0.25, 0.3) is 0 Å². The van der Waals surface area contributed by atoms with Crippen LogP contribution in [-0.2, 0) is 4.74 Å². The fourth-order valence-corrected chi connectivity index (χ4v) is 1.33. The van der Waals surface area contributed by atoms with Crippen molar-refractivity contribution in [1.29, 1.82) is 0 Å². The highest BCUT2D eigenvalue weighted by atomic mass is 79.9. The average Bonchev–Trinajstić information content (AvgIpc) is 2.53. The van der Waals surface area contributed by atoms with Crippen LogP contribution in [0, 0.1) is 0 Å². The van der Waals surface area contributed by atoms with E-state index in [-0.39, 0.29) is 0 Å². The minimum atomic E-state index is 0.384. The maximum atomic E-state index is 4.75. The van der Waals surface area contributed by atoms with Gasteiger partial charge in [0.15, 0.2) is 5.84 Å². The number of hydrogen-bond donors (Lipinski definition) is 0. The van der Waals surface area contributed by atoms with Gasteiger partial charge in [-0.15, -0.1) is 0 Å². The summed E-state index contributed by atoms with van der Waals surface area (Å²) in [6, 6.07) is 0. The summed E-state index contributed by atoms with van der Waals surface area (Å²) in [6.45, 7) is 11.8. The van der Waals surface area contributed by atoms with Crippen molar-refractivity contribution in [1.82, 2.24) is 0 Å². The third-order valence-corrected chi connectivity index (χ3v) is 2.76. The van der Waals surface area contributed by atoms with E-state index in [0.717, 1.165) is 22.9 Å². The lowest BCUT2D eigenvalue weighted by atomic mass is 10.2. The van der Waals surface area contributed by atoms with Crippen molar-refractivity contribution in [2.24, 2.45) is 9.98 Å². The van der Waals surface area contributed by atoms with E-state index < -0.39 is 0 Å². The van der Waals surface area contributed by atoms with Crippen LogP contribution in [0.1, 0.15) is 40.5 Å². The van der Waals surface area contributed by atoms with E-state index in [1.54, 1.807) is 20.4 Å². The smallest absolute Gasteiger partial charge is 0.153 e. The number of rotatable bonds is 7. The molecule has 0 aliphatic heterocycles. The van der Waals surface area contributed by atoms with Crippen molar-refractivity contribution in [2.75, 3.05) is 14.2 Å². The van der Waals surface area contributed by atoms with Crippen molar-refractivity contribution in [2.45, 2.75) is 46.6 Å². The van der Waals surface area contributed by atoms with Crippen molar-refractivity contribution >= 4 is 28.0 Å². The molecule has 0 rings (SSSR count). The monoisotopic (exact) mass is 382 g/mol. The molecule has 0 heterocycles. The molecule has 0 spiro atoms. The second kappa shape index (κ2) is 17.1. The fraction of sp³-hybridized carbons (Fsp3) is 0.474. The van der Waals surface area contributed by atoms with Crippen LogP contribution in [-0.4, -0.2) is 32.3 Å². The van der Waals surface area contributed by atoms with Gasteiger partial charge in [0.05, 0.1) is 6.10 Å². The molecule has 0 fully saturated rings. The fourth-order valence-electron chi connectivity index (χ4n) is 1.23. The normalized spacial score (nSPS) is 13.2. The third-order valence-electron chi connectivity index (χ3n) is 2.55. The Morgan fingerprint density at radius 2 is 1.87 bits per heavy atom. The summed E-state index contributed by atoms with van der Waals surface area (Å²) in [5, 5.41) is 0. The highest BCUT2D eigenvalue weighted by Gasteiger charge is 1.98. The van der Waals surface area contributed by atoms with Gasteiger partial charge < -0.3 is 4.74 Å². The molecule has 3 nitrogen and oxygen atoms in total. The Hall–Kier alpha value is -1.26. The zero-order valence-corrected chi connectivity index (χ0v) is 16.9. The summed E-state index contributed by atoms with van der Waals surface area (Å²) in [5.74, 6) is 0.703. The number of ether oxygens (including phenoxy) is 1. The van der Waals surface area contributed by atoms with E-state index in [2.05, 4.69) is 57.6 Å². The second-order valence-corrected chi connectivity index (χ2v) is 5.82. The number of methoxy groups -OCH3 is 1. The Bertz CT molecular complexity index is 458. The van der Waals surface area contributed by atoms with Gasteiger partial charge in [-0.1, -0.05) is 43.9 Å². The lowest BCUT2D eigenvalue weighted by Gasteiger charge is -2.00. The second-order valence-electron chi connectivity index (χ2n) is 4.80. The molecule has 0 aliphatic carbocycles. The van der Waals surface area contributed by atoms with Crippen LogP contribution in [0.3, 0.4) is 0 Å². The molecular formula is C19H31BrN2O. The summed E-state index contributed by atoms with van der Waals surface area (Å²) in [4.78, 5) is 8.43. The Labute approximate surface area is 150 Å². The predicted octanol–water partition coefficient (Wildman–Crippen LogP) is 5.89. The highest BCUT2D eigenvalue weighted by Crippen LogP contribution is 2.05. The van der Waals surface area contributed by atoms with Crippen molar-refractivity contribution in [3.05, 3.63) is 47.0 Å². The first-order valence-corrected chi connectivity index (χ1v) is 8.58. The van der Waals surface area contributed by atoms with Crippen molar-refractivity contribution < 1.29 is 4.74 Å². The Kier molecular flexibility index (Phi) is 17.8. The van der Waals surface area contributed by atoms with E-state index in [4.69, 9.17) is 4.74 Å². The van der Waals surface area contributed by atoms with Gasteiger partial charge in [0.2, 0.25) is 0 Å². The number of amidine groups is 1. The summed E-state index contributed by atoms with van der Waals surface area (Å²) in [5.41, 5.74) is 1.01. The van der Waals surface area contributed by atoms with Crippen LogP contribution in [0.5, 0.6) is 0 Å².